The van der Waals surface area contributed by atoms with Gasteiger partial charge in [0.1, 0.15) is 16.0 Å². The minimum atomic E-state index is -0.366. The van der Waals surface area contributed by atoms with Crippen molar-refractivity contribution in [3.8, 4) is 10.6 Å². The molecule has 0 fully saturated rings. The number of hydrogen-bond donors (Lipinski definition) is 0. The third-order valence-electron chi connectivity index (χ3n) is 2.09. The van der Waals surface area contributed by atoms with E-state index >= 15 is 0 Å². The van der Waals surface area contributed by atoms with Gasteiger partial charge in [-0.2, -0.15) is 0 Å². The molecule has 16 heavy (non-hydrogen) atoms. The van der Waals surface area contributed by atoms with E-state index in [2.05, 4.69) is 9.97 Å². The number of rotatable bonds is 2. The van der Waals surface area contributed by atoms with Crippen molar-refractivity contribution >= 4 is 22.9 Å². The summed E-state index contributed by atoms with van der Waals surface area (Å²) in [6.07, 6.45) is 2.75. The lowest BCUT2D eigenvalue weighted by molar-refractivity contribution is 0.622. The van der Waals surface area contributed by atoms with Crippen LogP contribution >= 0.6 is 22.9 Å². The Kier molecular flexibility index (Phi) is 3.21. The maximum Gasteiger partial charge on any atom is 0.144 e. The van der Waals surface area contributed by atoms with Gasteiger partial charge < -0.3 is 0 Å². The van der Waals surface area contributed by atoms with Crippen LogP contribution in [0, 0.1) is 5.82 Å². The fraction of sp³-hybridized carbons (Fsp3) is 0.273. The van der Waals surface area contributed by atoms with Crippen molar-refractivity contribution < 1.29 is 4.39 Å². The number of nitrogens with zero attached hydrogens (tertiary/aromatic N) is 2. The number of aromatic nitrogens is 2. The Balaban J connectivity index is 2.45. The van der Waals surface area contributed by atoms with Gasteiger partial charge in [0.25, 0.3) is 0 Å². The van der Waals surface area contributed by atoms with E-state index in [0.717, 1.165) is 4.88 Å². The van der Waals surface area contributed by atoms with Crippen LogP contribution in [-0.2, 0) is 0 Å². The van der Waals surface area contributed by atoms with Crippen molar-refractivity contribution in [2.75, 3.05) is 0 Å². The van der Waals surface area contributed by atoms with Gasteiger partial charge in [0.15, 0.2) is 0 Å². The first kappa shape index (κ1) is 11.5. The summed E-state index contributed by atoms with van der Waals surface area (Å²) in [5, 5.41) is 1.21. The number of thiazole rings is 1. The van der Waals surface area contributed by atoms with Crippen LogP contribution in [0.3, 0.4) is 0 Å². The summed E-state index contributed by atoms with van der Waals surface area (Å²) in [5.74, 6) is -0.0461. The Bertz CT molecular complexity index is 510. The summed E-state index contributed by atoms with van der Waals surface area (Å²) in [7, 11) is 0. The standard InChI is InChI=1S/C11H10ClFN2S/c1-6(2)9-10(12)15-11(16-9)7-3-8(13)5-14-4-7/h3-6H,1-2H3. The molecule has 0 aliphatic heterocycles. The molecule has 0 aromatic carbocycles. The first-order valence-corrected chi connectivity index (χ1v) is 6.04. The predicted molar refractivity (Wildman–Crippen MR) is 64.4 cm³/mol. The first-order chi connectivity index (χ1) is 7.58. The zero-order chi connectivity index (χ0) is 11.7. The fourth-order valence-electron chi connectivity index (χ4n) is 1.32. The first-order valence-electron chi connectivity index (χ1n) is 4.85. The highest BCUT2D eigenvalue weighted by Crippen LogP contribution is 2.35. The van der Waals surface area contributed by atoms with Crippen LogP contribution in [0.2, 0.25) is 5.15 Å². The summed E-state index contributed by atoms with van der Waals surface area (Å²) >= 11 is 7.49. The molecule has 2 rings (SSSR count). The molecule has 0 saturated heterocycles. The van der Waals surface area contributed by atoms with Crippen molar-refractivity contribution in [2.24, 2.45) is 0 Å². The second-order valence-electron chi connectivity index (χ2n) is 3.72. The van der Waals surface area contributed by atoms with E-state index in [1.54, 1.807) is 6.20 Å². The van der Waals surface area contributed by atoms with Crippen molar-refractivity contribution in [2.45, 2.75) is 19.8 Å². The van der Waals surface area contributed by atoms with Crippen LogP contribution in [0.25, 0.3) is 10.6 Å². The highest BCUT2D eigenvalue weighted by molar-refractivity contribution is 7.15. The van der Waals surface area contributed by atoms with Crippen LogP contribution in [0.4, 0.5) is 4.39 Å². The summed E-state index contributed by atoms with van der Waals surface area (Å²) in [6, 6.07) is 1.41. The normalized spacial score (nSPS) is 11.1. The van der Waals surface area contributed by atoms with Crippen LogP contribution in [0.1, 0.15) is 24.6 Å². The van der Waals surface area contributed by atoms with Gasteiger partial charge in [0.2, 0.25) is 0 Å². The third-order valence-corrected chi connectivity index (χ3v) is 3.89. The van der Waals surface area contributed by atoms with Crippen LogP contribution < -0.4 is 0 Å². The molecule has 0 bridgehead atoms. The van der Waals surface area contributed by atoms with E-state index in [4.69, 9.17) is 11.6 Å². The molecule has 84 valence electrons. The van der Waals surface area contributed by atoms with E-state index in [1.807, 2.05) is 13.8 Å². The molecule has 0 amide bonds. The molecular weight excluding hydrogens is 247 g/mol. The highest BCUT2D eigenvalue weighted by Gasteiger charge is 2.14. The quantitative estimate of drug-likeness (QED) is 0.808. The number of hydrogen-bond acceptors (Lipinski definition) is 3. The molecular formula is C11H10ClFN2S. The molecule has 2 aromatic heterocycles. The molecule has 0 saturated carbocycles. The average molecular weight is 257 g/mol. The fourth-order valence-corrected chi connectivity index (χ4v) is 2.73. The van der Waals surface area contributed by atoms with Gasteiger partial charge in [0.05, 0.1) is 6.20 Å². The van der Waals surface area contributed by atoms with Crippen molar-refractivity contribution in [1.82, 2.24) is 9.97 Å². The van der Waals surface area contributed by atoms with Crippen LogP contribution in [0.5, 0.6) is 0 Å². The van der Waals surface area contributed by atoms with Crippen molar-refractivity contribution in [3.05, 3.63) is 34.3 Å². The largest absolute Gasteiger partial charge is 0.261 e. The second kappa shape index (κ2) is 4.47. The maximum atomic E-state index is 13.0. The van der Waals surface area contributed by atoms with Gasteiger partial charge in [-0.05, 0) is 12.0 Å². The van der Waals surface area contributed by atoms with Crippen molar-refractivity contribution in [1.29, 1.82) is 0 Å². The van der Waals surface area contributed by atoms with Gasteiger partial charge in [-0.25, -0.2) is 9.37 Å². The van der Waals surface area contributed by atoms with Gasteiger partial charge in [-0.15, -0.1) is 11.3 Å². The van der Waals surface area contributed by atoms with Gasteiger partial charge in [-0.1, -0.05) is 25.4 Å². The predicted octanol–water partition coefficient (Wildman–Crippen LogP) is 4.12. The lowest BCUT2D eigenvalue weighted by Gasteiger charge is -1.98. The Morgan fingerprint density at radius 1 is 1.38 bits per heavy atom. The molecule has 5 heteroatoms. The highest BCUT2D eigenvalue weighted by atomic mass is 35.5. The Hall–Kier alpha value is -1.00. The topological polar surface area (TPSA) is 25.8 Å². The maximum absolute atomic E-state index is 13.0. The zero-order valence-electron chi connectivity index (χ0n) is 8.87. The molecule has 0 aliphatic rings. The molecule has 0 unspecified atom stereocenters. The van der Waals surface area contributed by atoms with Gasteiger partial charge in [-0.3, -0.25) is 4.98 Å². The monoisotopic (exact) mass is 256 g/mol. The molecule has 0 N–H and O–H groups in total. The molecule has 0 aliphatic carbocycles. The Morgan fingerprint density at radius 3 is 2.69 bits per heavy atom. The number of halogens is 2. The van der Waals surface area contributed by atoms with E-state index in [-0.39, 0.29) is 5.82 Å². The second-order valence-corrected chi connectivity index (χ2v) is 5.11. The summed E-state index contributed by atoms with van der Waals surface area (Å²) in [5.41, 5.74) is 0.666. The molecule has 0 spiro atoms. The molecule has 0 radical (unpaired) electrons. The molecule has 2 aromatic rings. The minimum Gasteiger partial charge on any atom is -0.261 e. The zero-order valence-corrected chi connectivity index (χ0v) is 10.4. The lowest BCUT2D eigenvalue weighted by Crippen LogP contribution is -1.81. The van der Waals surface area contributed by atoms with E-state index in [9.17, 15) is 4.39 Å². The lowest BCUT2D eigenvalue weighted by atomic mass is 10.2. The Morgan fingerprint density at radius 2 is 2.12 bits per heavy atom. The molecule has 0 atom stereocenters. The average Bonchev–Trinajstić information content (AvgIpc) is 2.60. The SMILES string of the molecule is CC(C)c1sc(-c2cncc(F)c2)nc1Cl. The summed E-state index contributed by atoms with van der Waals surface area (Å²) in [6.45, 7) is 4.10. The smallest absolute Gasteiger partial charge is 0.144 e. The third kappa shape index (κ3) is 2.23. The van der Waals surface area contributed by atoms with Gasteiger partial charge >= 0.3 is 0 Å². The van der Waals surface area contributed by atoms with Crippen LogP contribution in [0.15, 0.2) is 18.5 Å². The van der Waals surface area contributed by atoms with E-state index in [0.29, 0.717) is 21.6 Å². The Labute approximate surface area is 102 Å². The summed E-state index contributed by atoms with van der Waals surface area (Å²) < 4.78 is 13.0. The summed E-state index contributed by atoms with van der Waals surface area (Å²) in [4.78, 5) is 9.03. The van der Waals surface area contributed by atoms with Crippen LogP contribution in [-0.4, -0.2) is 9.97 Å². The van der Waals surface area contributed by atoms with E-state index in [1.165, 1.54) is 23.6 Å². The number of pyridine rings is 1. The molecule has 2 heterocycles. The van der Waals surface area contributed by atoms with Gasteiger partial charge in [0, 0.05) is 16.6 Å². The van der Waals surface area contributed by atoms with Crippen molar-refractivity contribution in [3.63, 3.8) is 0 Å². The van der Waals surface area contributed by atoms with E-state index < -0.39 is 0 Å². The molecule has 2 nitrogen and oxygen atoms in total. The minimum absolute atomic E-state index is 0.320.